The molecule has 0 radical (unpaired) electrons. The molecule has 0 fully saturated rings. The van der Waals surface area contributed by atoms with Crippen molar-refractivity contribution in [2.75, 3.05) is 13.2 Å². The minimum Gasteiger partial charge on any atom is -0.488 e. The summed E-state index contributed by atoms with van der Waals surface area (Å²) in [6.07, 6.45) is 6.51. The van der Waals surface area contributed by atoms with Gasteiger partial charge in [0, 0.05) is 24.0 Å². The molecule has 0 aliphatic carbocycles. The van der Waals surface area contributed by atoms with Crippen molar-refractivity contribution in [1.29, 1.82) is 0 Å². The molecule has 5 heteroatoms. The Kier molecular flexibility index (Phi) is 4.25. The van der Waals surface area contributed by atoms with Gasteiger partial charge in [0.25, 0.3) is 0 Å². The molecule has 22 heavy (non-hydrogen) atoms. The number of pyridine rings is 2. The molecule has 2 aromatic heterocycles. The van der Waals surface area contributed by atoms with Gasteiger partial charge in [0.05, 0.1) is 11.8 Å². The van der Waals surface area contributed by atoms with Crippen LogP contribution in [0.5, 0.6) is 5.75 Å². The zero-order chi connectivity index (χ0) is 15.2. The predicted molar refractivity (Wildman–Crippen MR) is 81.8 cm³/mol. The van der Waals surface area contributed by atoms with Crippen LogP contribution >= 0.6 is 0 Å². The first-order valence-corrected chi connectivity index (χ1v) is 6.87. The molecule has 0 unspecified atom stereocenters. The van der Waals surface area contributed by atoms with E-state index in [-0.39, 0.29) is 13.2 Å². The zero-order valence-corrected chi connectivity index (χ0v) is 11.8. The number of carbonyl (C=O) groups is 1. The van der Waals surface area contributed by atoms with Crippen molar-refractivity contribution in [2.45, 2.75) is 0 Å². The highest BCUT2D eigenvalue weighted by Gasteiger charge is 2.11. The minimum absolute atomic E-state index is 0.164. The highest BCUT2D eigenvalue weighted by atomic mass is 16.6. The number of nitrogens with zero attached hydrogens (tertiary/aromatic N) is 2. The first-order valence-electron chi connectivity index (χ1n) is 6.87. The Labute approximate surface area is 127 Å². The lowest BCUT2D eigenvalue weighted by molar-refractivity contribution is 0.0452. The Morgan fingerprint density at radius 1 is 0.955 bits per heavy atom. The molecular formula is C17H14N2O3. The molecule has 5 nitrogen and oxygen atoms in total. The quantitative estimate of drug-likeness (QED) is 0.535. The summed E-state index contributed by atoms with van der Waals surface area (Å²) in [5.74, 6) is 0.240. The first-order chi connectivity index (χ1) is 10.8. The summed E-state index contributed by atoms with van der Waals surface area (Å²) in [6.45, 7) is 0.437. The maximum Gasteiger partial charge on any atom is 0.340 e. The van der Waals surface area contributed by atoms with Crippen molar-refractivity contribution in [3.8, 4) is 5.75 Å². The van der Waals surface area contributed by atoms with E-state index in [2.05, 4.69) is 9.97 Å². The van der Waals surface area contributed by atoms with Crippen LogP contribution < -0.4 is 4.74 Å². The molecule has 1 aromatic carbocycles. The van der Waals surface area contributed by atoms with Crippen LogP contribution in [0, 0.1) is 0 Å². The van der Waals surface area contributed by atoms with Crippen LogP contribution in [0.15, 0.2) is 61.2 Å². The Bertz CT molecular complexity index is 770. The number of rotatable bonds is 5. The van der Waals surface area contributed by atoms with Gasteiger partial charge in [-0.3, -0.25) is 9.97 Å². The molecule has 2 heterocycles. The lowest BCUT2D eigenvalue weighted by Gasteiger charge is -2.08. The molecule has 3 rings (SSSR count). The van der Waals surface area contributed by atoms with Gasteiger partial charge in [-0.15, -0.1) is 0 Å². The average molecular weight is 294 g/mol. The minimum atomic E-state index is -0.404. The van der Waals surface area contributed by atoms with Crippen molar-refractivity contribution in [3.63, 3.8) is 0 Å². The van der Waals surface area contributed by atoms with Crippen molar-refractivity contribution in [3.05, 3.63) is 66.7 Å². The summed E-state index contributed by atoms with van der Waals surface area (Å²) in [5.41, 5.74) is 0.458. The summed E-state index contributed by atoms with van der Waals surface area (Å²) in [4.78, 5) is 20.1. The molecule has 0 saturated carbocycles. The molecule has 0 amide bonds. The fourth-order valence-corrected chi connectivity index (χ4v) is 2.08. The lowest BCUT2D eigenvalue weighted by Crippen LogP contribution is -2.13. The highest BCUT2D eigenvalue weighted by molar-refractivity contribution is 6.03. The van der Waals surface area contributed by atoms with Crippen molar-refractivity contribution in [2.24, 2.45) is 0 Å². The monoisotopic (exact) mass is 294 g/mol. The molecule has 3 aromatic rings. The molecule has 0 atom stereocenters. The standard InChI is InChI=1S/C17H14N2O3/c20-17(22-9-8-21-14-5-3-7-18-11-14)16-12-19-10-13-4-1-2-6-15(13)16/h1-7,10-12H,8-9H2. The smallest absolute Gasteiger partial charge is 0.340 e. The van der Waals surface area contributed by atoms with Crippen LogP contribution in [0.25, 0.3) is 10.8 Å². The maximum atomic E-state index is 12.1. The van der Waals surface area contributed by atoms with Gasteiger partial charge >= 0.3 is 5.97 Å². The van der Waals surface area contributed by atoms with Crippen LogP contribution in [-0.2, 0) is 4.74 Å². The van der Waals surface area contributed by atoms with Crippen molar-refractivity contribution < 1.29 is 14.3 Å². The average Bonchev–Trinajstić information content (AvgIpc) is 2.59. The predicted octanol–water partition coefficient (Wildman–Crippen LogP) is 2.87. The fourth-order valence-electron chi connectivity index (χ4n) is 2.08. The number of hydrogen-bond acceptors (Lipinski definition) is 5. The first kappa shape index (κ1) is 14.0. The largest absolute Gasteiger partial charge is 0.488 e. The van der Waals surface area contributed by atoms with E-state index in [0.29, 0.717) is 11.3 Å². The van der Waals surface area contributed by atoms with Crippen LogP contribution in [0.1, 0.15) is 10.4 Å². The van der Waals surface area contributed by atoms with Gasteiger partial charge in [-0.05, 0) is 17.5 Å². The number of ether oxygens (including phenoxy) is 2. The van der Waals surface area contributed by atoms with E-state index in [1.807, 2.05) is 24.3 Å². The summed E-state index contributed by atoms with van der Waals surface area (Å²) in [5, 5.41) is 1.74. The molecule has 0 bridgehead atoms. The number of benzene rings is 1. The third-order valence-corrected chi connectivity index (χ3v) is 3.11. The van der Waals surface area contributed by atoms with Gasteiger partial charge in [-0.25, -0.2) is 4.79 Å². The molecule has 0 saturated heterocycles. The second-order valence-electron chi connectivity index (χ2n) is 4.58. The molecule has 0 N–H and O–H groups in total. The third kappa shape index (κ3) is 3.20. The second-order valence-corrected chi connectivity index (χ2v) is 4.58. The maximum absolute atomic E-state index is 12.1. The zero-order valence-electron chi connectivity index (χ0n) is 11.8. The van der Waals surface area contributed by atoms with Crippen molar-refractivity contribution >= 4 is 16.7 Å². The molecule has 0 spiro atoms. The normalized spacial score (nSPS) is 10.4. The molecule has 110 valence electrons. The van der Waals surface area contributed by atoms with Crippen LogP contribution in [-0.4, -0.2) is 29.2 Å². The topological polar surface area (TPSA) is 61.3 Å². The van der Waals surface area contributed by atoms with Crippen LogP contribution in [0.2, 0.25) is 0 Å². The number of esters is 1. The van der Waals surface area contributed by atoms with Crippen molar-refractivity contribution in [1.82, 2.24) is 9.97 Å². The fraction of sp³-hybridized carbons (Fsp3) is 0.118. The number of carbonyl (C=O) groups excluding carboxylic acids is 1. The number of aromatic nitrogens is 2. The van der Waals surface area contributed by atoms with E-state index in [1.54, 1.807) is 30.7 Å². The van der Waals surface area contributed by atoms with E-state index in [4.69, 9.17) is 9.47 Å². The Morgan fingerprint density at radius 3 is 2.73 bits per heavy atom. The van der Waals surface area contributed by atoms with Gasteiger partial charge < -0.3 is 9.47 Å². The second kappa shape index (κ2) is 6.67. The number of fused-ring (bicyclic) bond motifs is 1. The van der Waals surface area contributed by atoms with E-state index in [9.17, 15) is 4.79 Å². The van der Waals surface area contributed by atoms with E-state index in [1.165, 1.54) is 6.20 Å². The molecule has 0 aliphatic rings. The SMILES string of the molecule is O=C(OCCOc1cccnc1)c1cncc2ccccc12. The van der Waals surface area contributed by atoms with Gasteiger partial charge in [0.1, 0.15) is 19.0 Å². The van der Waals surface area contributed by atoms with Gasteiger partial charge in [-0.1, -0.05) is 24.3 Å². The molecular weight excluding hydrogens is 280 g/mol. The molecule has 0 aliphatic heterocycles. The Balaban J connectivity index is 1.60. The van der Waals surface area contributed by atoms with E-state index < -0.39 is 5.97 Å². The van der Waals surface area contributed by atoms with Gasteiger partial charge in [-0.2, -0.15) is 0 Å². The van der Waals surface area contributed by atoms with Gasteiger partial charge in [0.15, 0.2) is 0 Å². The third-order valence-electron chi connectivity index (χ3n) is 3.11. The summed E-state index contributed by atoms with van der Waals surface area (Å²) >= 11 is 0. The Morgan fingerprint density at radius 2 is 1.86 bits per heavy atom. The summed E-state index contributed by atoms with van der Waals surface area (Å²) < 4.78 is 10.7. The van der Waals surface area contributed by atoms with E-state index in [0.717, 1.165) is 10.8 Å². The Hall–Kier alpha value is -2.95. The summed E-state index contributed by atoms with van der Waals surface area (Å²) in [6, 6.07) is 11.1. The van der Waals surface area contributed by atoms with E-state index >= 15 is 0 Å². The van der Waals surface area contributed by atoms with Gasteiger partial charge in [0.2, 0.25) is 0 Å². The van der Waals surface area contributed by atoms with Crippen LogP contribution in [0.3, 0.4) is 0 Å². The highest BCUT2D eigenvalue weighted by Crippen LogP contribution is 2.17. The lowest BCUT2D eigenvalue weighted by atomic mass is 10.1. The number of hydrogen-bond donors (Lipinski definition) is 0. The van der Waals surface area contributed by atoms with Crippen LogP contribution in [0.4, 0.5) is 0 Å². The summed E-state index contributed by atoms with van der Waals surface area (Å²) in [7, 11) is 0.